The number of fused-ring (bicyclic) bond motifs is 1. The van der Waals surface area contributed by atoms with Crippen LogP contribution in [0.2, 0.25) is 0 Å². The van der Waals surface area contributed by atoms with Crippen LogP contribution >= 0.6 is 0 Å². The van der Waals surface area contributed by atoms with Crippen molar-refractivity contribution < 1.29 is 9.21 Å². The third kappa shape index (κ3) is 4.17. The van der Waals surface area contributed by atoms with Crippen molar-refractivity contribution in [1.29, 1.82) is 0 Å². The van der Waals surface area contributed by atoms with Crippen molar-refractivity contribution in [2.75, 3.05) is 37.6 Å². The molecule has 32 heavy (non-hydrogen) atoms. The van der Waals surface area contributed by atoms with E-state index in [-0.39, 0.29) is 5.91 Å². The molecule has 0 aliphatic carbocycles. The van der Waals surface area contributed by atoms with Gasteiger partial charge in [-0.15, -0.1) is 0 Å². The van der Waals surface area contributed by atoms with Gasteiger partial charge in [-0.2, -0.15) is 0 Å². The Labute approximate surface area is 190 Å². The average Bonchev–Trinajstić information content (AvgIpc) is 3.29. The number of hydrogen-bond donors (Lipinski definition) is 0. The highest BCUT2D eigenvalue weighted by Gasteiger charge is 2.25. The lowest BCUT2D eigenvalue weighted by atomic mass is 10.00. The van der Waals surface area contributed by atoms with Crippen LogP contribution in [0.1, 0.15) is 38.6 Å². The predicted molar refractivity (Wildman–Crippen MR) is 127 cm³/mol. The molecule has 1 amide bonds. The highest BCUT2D eigenvalue weighted by molar-refractivity contribution is 5.91. The molecule has 2 aliphatic heterocycles. The molecule has 1 saturated heterocycles. The standard InChI is InChI=1S/C27H31N3O2/c1-20-6-5-9-25(21(20)2)29-16-14-28(15-17-29)19-24-10-11-26(32-24)27(31)30-13-12-22-7-3-4-8-23(22)18-30/h3-11H,12-19H2,1-2H3. The van der Waals surface area contributed by atoms with Gasteiger partial charge in [-0.3, -0.25) is 9.69 Å². The number of amides is 1. The molecule has 5 heteroatoms. The van der Waals surface area contributed by atoms with Crippen LogP contribution in [0.5, 0.6) is 0 Å². The van der Waals surface area contributed by atoms with Crippen LogP contribution in [0.15, 0.2) is 59.0 Å². The van der Waals surface area contributed by atoms with Crippen molar-refractivity contribution in [3.05, 3.63) is 88.4 Å². The molecule has 2 aliphatic rings. The SMILES string of the molecule is Cc1cccc(N2CCN(Cc3ccc(C(=O)N4CCc5ccccc5C4)o3)CC2)c1C. The normalized spacial score (nSPS) is 16.8. The first-order chi connectivity index (χ1) is 15.6. The summed E-state index contributed by atoms with van der Waals surface area (Å²) in [4.78, 5) is 19.8. The second-order valence-corrected chi connectivity index (χ2v) is 8.99. The highest BCUT2D eigenvalue weighted by Crippen LogP contribution is 2.25. The number of piperazine rings is 1. The molecule has 3 heterocycles. The molecular weight excluding hydrogens is 398 g/mol. The van der Waals surface area contributed by atoms with Gasteiger partial charge in [0.2, 0.25) is 0 Å². The lowest BCUT2D eigenvalue weighted by Crippen LogP contribution is -2.46. The van der Waals surface area contributed by atoms with E-state index in [1.807, 2.05) is 23.1 Å². The molecule has 0 spiro atoms. The minimum Gasteiger partial charge on any atom is -0.455 e. The van der Waals surface area contributed by atoms with Crippen LogP contribution in [0.25, 0.3) is 0 Å². The zero-order chi connectivity index (χ0) is 22.1. The van der Waals surface area contributed by atoms with Gasteiger partial charge >= 0.3 is 0 Å². The summed E-state index contributed by atoms with van der Waals surface area (Å²) in [7, 11) is 0. The largest absolute Gasteiger partial charge is 0.455 e. The van der Waals surface area contributed by atoms with Crippen LogP contribution < -0.4 is 4.90 Å². The smallest absolute Gasteiger partial charge is 0.289 e. The number of benzene rings is 2. The lowest BCUT2D eigenvalue weighted by molar-refractivity contribution is 0.0698. The van der Waals surface area contributed by atoms with Gasteiger partial charge in [0.15, 0.2) is 5.76 Å². The topological polar surface area (TPSA) is 39.9 Å². The van der Waals surface area contributed by atoms with Gasteiger partial charge in [-0.1, -0.05) is 36.4 Å². The van der Waals surface area contributed by atoms with E-state index in [0.29, 0.717) is 12.3 Å². The van der Waals surface area contributed by atoms with Crippen LogP contribution in [0.3, 0.4) is 0 Å². The molecule has 3 aromatic rings. The van der Waals surface area contributed by atoms with E-state index in [9.17, 15) is 4.79 Å². The summed E-state index contributed by atoms with van der Waals surface area (Å²) in [6.45, 7) is 10.5. The molecule has 5 nitrogen and oxygen atoms in total. The Hall–Kier alpha value is -3.05. The summed E-state index contributed by atoms with van der Waals surface area (Å²) in [6.07, 6.45) is 0.903. The van der Waals surface area contributed by atoms with Crippen LogP contribution in [0.4, 0.5) is 5.69 Å². The molecule has 166 valence electrons. The Morgan fingerprint density at radius 1 is 0.875 bits per heavy atom. The van der Waals surface area contributed by atoms with Crippen LogP contribution in [0, 0.1) is 13.8 Å². The second-order valence-electron chi connectivity index (χ2n) is 8.99. The predicted octanol–water partition coefficient (Wildman–Crippen LogP) is 4.42. The molecule has 0 unspecified atom stereocenters. The first-order valence-corrected chi connectivity index (χ1v) is 11.6. The van der Waals surface area contributed by atoms with Crippen molar-refractivity contribution >= 4 is 11.6 Å². The lowest BCUT2D eigenvalue weighted by Gasteiger charge is -2.36. The Morgan fingerprint density at radius 2 is 1.66 bits per heavy atom. The average molecular weight is 430 g/mol. The number of furan rings is 1. The maximum Gasteiger partial charge on any atom is 0.289 e. The maximum atomic E-state index is 13.0. The highest BCUT2D eigenvalue weighted by atomic mass is 16.4. The fraction of sp³-hybridized carbons (Fsp3) is 0.370. The summed E-state index contributed by atoms with van der Waals surface area (Å²) in [5, 5.41) is 0. The Bertz CT molecular complexity index is 1110. The number of carbonyl (C=O) groups is 1. The Morgan fingerprint density at radius 3 is 2.47 bits per heavy atom. The van der Waals surface area contributed by atoms with Crippen molar-refractivity contribution in [1.82, 2.24) is 9.80 Å². The summed E-state index contributed by atoms with van der Waals surface area (Å²) >= 11 is 0. The van der Waals surface area contributed by atoms with Gasteiger partial charge in [-0.25, -0.2) is 0 Å². The summed E-state index contributed by atoms with van der Waals surface area (Å²) in [5.74, 6) is 1.31. The molecule has 5 rings (SSSR count). The zero-order valence-electron chi connectivity index (χ0n) is 19.0. The quantitative estimate of drug-likeness (QED) is 0.616. The first-order valence-electron chi connectivity index (χ1n) is 11.6. The van der Waals surface area contributed by atoms with Crippen LogP contribution in [-0.4, -0.2) is 48.4 Å². The van der Waals surface area contributed by atoms with E-state index in [4.69, 9.17) is 4.42 Å². The fourth-order valence-electron chi connectivity index (χ4n) is 4.85. The van der Waals surface area contributed by atoms with E-state index in [1.165, 1.54) is 27.9 Å². The number of anilines is 1. The van der Waals surface area contributed by atoms with Gasteiger partial charge in [0, 0.05) is 45.0 Å². The minimum atomic E-state index is -0.00880. The third-order valence-corrected chi connectivity index (χ3v) is 6.96. The molecule has 2 aromatic carbocycles. The van der Waals surface area contributed by atoms with Crippen molar-refractivity contribution in [2.24, 2.45) is 0 Å². The molecule has 0 atom stereocenters. The zero-order valence-corrected chi connectivity index (χ0v) is 19.0. The number of hydrogen-bond acceptors (Lipinski definition) is 4. The molecule has 1 fully saturated rings. The fourth-order valence-corrected chi connectivity index (χ4v) is 4.85. The minimum absolute atomic E-state index is 0.00880. The van der Waals surface area contributed by atoms with E-state index < -0.39 is 0 Å². The third-order valence-electron chi connectivity index (χ3n) is 6.96. The first kappa shape index (κ1) is 20.8. The van der Waals surface area contributed by atoms with Gasteiger partial charge in [-0.05, 0) is 60.7 Å². The van der Waals surface area contributed by atoms with Gasteiger partial charge < -0.3 is 14.2 Å². The van der Waals surface area contributed by atoms with E-state index in [2.05, 4.69) is 60.0 Å². The summed E-state index contributed by atoms with van der Waals surface area (Å²) in [6, 6.07) is 18.7. The number of rotatable bonds is 4. The molecule has 0 N–H and O–H groups in total. The Kier molecular flexibility index (Phi) is 5.75. The molecule has 1 aromatic heterocycles. The van der Waals surface area contributed by atoms with E-state index >= 15 is 0 Å². The van der Waals surface area contributed by atoms with Crippen molar-refractivity contribution in [3.8, 4) is 0 Å². The monoisotopic (exact) mass is 429 g/mol. The van der Waals surface area contributed by atoms with E-state index in [0.717, 1.165) is 51.4 Å². The van der Waals surface area contributed by atoms with E-state index in [1.54, 1.807) is 0 Å². The van der Waals surface area contributed by atoms with Gasteiger partial charge in [0.1, 0.15) is 5.76 Å². The number of nitrogens with zero attached hydrogens (tertiary/aromatic N) is 3. The summed E-state index contributed by atoms with van der Waals surface area (Å²) < 4.78 is 5.99. The summed E-state index contributed by atoms with van der Waals surface area (Å²) in [5.41, 5.74) is 6.64. The van der Waals surface area contributed by atoms with Crippen molar-refractivity contribution in [3.63, 3.8) is 0 Å². The second kappa shape index (κ2) is 8.83. The number of aryl methyl sites for hydroxylation is 1. The van der Waals surface area contributed by atoms with Gasteiger partial charge in [0.25, 0.3) is 5.91 Å². The van der Waals surface area contributed by atoms with Gasteiger partial charge in [0.05, 0.1) is 6.54 Å². The van der Waals surface area contributed by atoms with Crippen molar-refractivity contribution in [2.45, 2.75) is 33.4 Å². The molecule has 0 saturated carbocycles. The Balaban J connectivity index is 1.17. The molecular formula is C27H31N3O2. The molecule has 0 radical (unpaired) electrons. The van der Waals surface area contributed by atoms with Crippen LogP contribution in [-0.2, 0) is 19.5 Å². The molecule has 0 bridgehead atoms. The maximum absolute atomic E-state index is 13.0. The number of carbonyl (C=O) groups excluding carboxylic acids is 1.